The van der Waals surface area contributed by atoms with Crippen LogP contribution < -0.4 is 21.6 Å². The minimum Gasteiger partial charge on any atom is -0.465 e. The van der Waals surface area contributed by atoms with E-state index in [9.17, 15) is 29.1 Å². The van der Waals surface area contributed by atoms with Crippen molar-refractivity contribution in [2.75, 3.05) is 38.5 Å². The van der Waals surface area contributed by atoms with Gasteiger partial charge in [0.2, 0.25) is 5.91 Å². The van der Waals surface area contributed by atoms with Crippen molar-refractivity contribution in [1.29, 1.82) is 0 Å². The van der Waals surface area contributed by atoms with Gasteiger partial charge in [0.05, 0.1) is 5.69 Å². The zero-order valence-electron chi connectivity index (χ0n) is 28.6. The number of nitrogens with one attached hydrogen (secondary N) is 3. The molecule has 2 fully saturated rings. The van der Waals surface area contributed by atoms with Crippen LogP contribution in [0.5, 0.6) is 0 Å². The first-order chi connectivity index (χ1) is 22.5. The van der Waals surface area contributed by atoms with E-state index in [-0.39, 0.29) is 43.9 Å². The van der Waals surface area contributed by atoms with Crippen molar-refractivity contribution >= 4 is 29.9 Å². The topological polar surface area (TPSA) is 178 Å². The first-order valence-corrected chi connectivity index (χ1v) is 16.3. The number of carbonyl (C=O) groups excluding carboxylic acids is 3. The number of rotatable bonds is 8. The highest BCUT2D eigenvalue weighted by molar-refractivity contribution is 5.90. The highest BCUT2D eigenvalue weighted by Gasteiger charge is 2.37. The van der Waals surface area contributed by atoms with E-state index in [4.69, 9.17) is 4.74 Å². The van der Waals surface area contributed by atoms with E-state index >= 15 is 0 Å². The van der Waals surface area contributed by atoms with Crippen LogP contribution in [-0.4, -0.2) is 110 Å². The van der Waals surface area contributed by atoms with Crippen LogP contribution >= 0.6 is 0 Å². The molecule has 2 aromatic rings. The molecular weight excluding hydrogens is 620 g/mol. The minimum absolute atomic E-state index is 0.0644. The summed E-state index contributed by atoms with van der Waals surface area (Å²) in [5.41, 5.74) is -0.745. The molecule has 0 unspecified atom stereocenters. The fourth-order valence-corrected chi connectivity index (χ4v) is 5.84. The number of nitrogens with zero attached hydrogens (tertiary/aromatic N) is 5. The maximum Gasteiger partial charge on any atom is 0.408 e. The van der Waals surface area contributed by atoms with E-state index < -0.39 is 35.0 Å². The normalized spacial score (nSPS) is 18.5. The van der Waals surface area contributed by atoms with Crippen molar-refractivity contribution < 1.29 is 29.0 Å². The maximum absolute atomic E-state index is 13.1. The van der Waals surface area contributed by atoms with Crippen molar-refractivity contribution in [2.24, 2.45) is 0 Å². The fourth-order valence-electron chi connectivity index (χ4n) is 5.84. The van der Waals surface area contributed by atoms with Crippen LogP contribution in [0.4, 0.5) is 20.2 Å². The SMILES string of the molecule is CN(C(=O)O)C1CCC(NCc2ccc(-n3ccc(NC(=O)N4CCN(C(=O)C(C)(C)NC(=O)OC(C)(C)C)CC4)nc3=O)cc2)CC1. The molecule has 15 nitrogen and oxygen atoms in total. The van der Waals surface area contributed by atoms with E-state index in [1.165, 1.54) is 14.4 Å². The number of ether oxygens (including phenoxy) is 1. The van der Waals surface area contributed by atoms with Gasteiger partial charge in [-0.3, -0.25) is 14.7 Å². The number of amides is 5. The van der Waals surface area contributed by atoms with Crippen molar-refractivity contribution in [1.82, 2.24) is 34.9 Å². The second-order valence-corrected chi connectivity index (χ2v) is 13.9. The zero-order valence-corrected chi connectivity index (χ0v) is 28.6. The van der Waals surface area contributed by atoms with Gasteiger partial charge >= 0.3 is 23.9 Å². The zero-order chi connectivity index (χ0) is 35.2. The Morgan fingerprint density at radius 3 is 2.10 bits per heavy atom. The molecule has 2 heterocycles. The first kappa shape index (κ1) is 36.2. The van der Waals surface area contributed by atoms with Gasteiger partial charge in [0.15, 0.2) is 0 Å². The fraction of sp³-hybridized carbons (Fsp3) is 0.576. The van der Waals surface area contributed by atoms with E-state index in [0.717, 1.165) is 31.2 Å². The van der Waals surface area contributed by atoms with Gasteiger partial charge in [-0.05, 0) is 84.1 Å². The molecule has 1 saturated heterocycles. The van der Waals surface area contributed by atoms with E-state index in [2.05, 4.69) is 20.9 Å². The molecule has 0 spiro atoms. The smallest absolute Gasteiger partial charge is 0.408 e. The van der Waals surface area contributed by atoms with Crippen LogP contribution in [0, 0.1) is 0 Å². The minimum atomic E-state index is -1.19. The van der Waals surface area contributed by atoms with E-state index in [0.29, 0.717) is 18.3 Å². The summed E-state index contributed by atoms with van der Waals surface area (Å²) in [7, 11) is 1.63. The average Bonchev–Trinajstić information content (AvgIpc) is 3.02. The van der Waals surface area contributed by atoms with Crippen LogP contribution in [0.25, 0.3) is 5.69 Å². The van der Waals surface area contributed by atoms with Crippen LogP contribution in [0.15, 0.2) is 41.3 Å². The van der Waals surface area contributed by atoms with E-state index in [1.54, 1.807) is 58.8 Å². The van der Waals surface area contributed by atoms with Crippen molar-refractivity contribution in [3.8, 4) is 5.69 Å². The van der Waals surface area contributed by atoms with Crippen molar-refractivity contribution in [3.63, 3.8) is 0 Å². The summed E-state index contributed by atoms with van der Waals surface area (Å²) in [6.45, 7) is 10.2. The number of urea groups is 1. The molecule has 1 aromatic heterocycles. The highest BCUT2D eigenvalue weighted by atomic mass is 16.6. The van der Waals surface area contributed by atoms with Gasteiger partial charge < -0.3 is 35.2 Å². The highest BCUT2D eigenvalue weighted by Crippen LogP contribution is 2.23. The number of benzene rings is 1. The molecule has 15 heteroatoms. The third-order valence-electron chi connectivity index (χ3n) is 8.60. The molecule has 48 heavy (non-hydrogen) atoms. The van der Waals surface area contributed by atoms with E-state index in [1.807, 2.05) is 24.3 Å². The number of aromatic nitrogens is 2. The van der Waals surface area contributed by atoms with Gasteiger partial charge in [0, 0.05) is 58.1 Å². The molecule has 4 rings (SSSR count). The Balaban J connectivity index is 1.24. The molecule has 2 aliphatic rings. The number of piperazine rings is 1. The number of alkyl carbamates (subject to hydrolysis) is 1. The van der Waals surface area contributed by atoms with Gasteiger partial charge in [0.25, 0.3) is 0 Å². The molecular formula is C33H48N8O7. The second-order valence-electron chi connectivity index (χ2n) is 13.9. The van der Waals surface area contributed by atoms with Crippen LogP contribution in [0.1, 0.15) is 65.9 Å². The molecule has 4 N–H and O–H groups in total. The Labute approximate surface area is 280 Å². The summed E-state index contributed by atoms with van der Waals surface area (Å²) < 4.78 is 6.67. The van der Waals surface area contributed by atoms with Crippen LogP contribution in [-0.2, 0) is 16.1 Å². The molecule has 1 aliphatic heterocycles. The van der Waals surface area contributed by atoms with Crippen LogP contribution in [0.3, 0.4) is 0 Å². The van der Waals surface area contributed by atoms with Crippen molar-refractivity contribution in [2.45, 2.75) is 90.1 Å². The lowest BCUT2D eigenvalue weighted by atomic mass is 9.90. The largest absolute Gasteiger partial charge is 0.465 e. The van der Waals surface area contributed by atoms with Gasteiger partial charge in [-0.15, -0.1) is 0 Å². The number of hydrogen-bond donors (Lipinski definition) is 4. The summed E-state index contributed by atoms with van der Waals surface area (Å²) in [6.07, 6.45) is 3.47. The van der Waals surface area contributed by atoms with Crippen LogP contribution in [0.2, 0.25) is 0 Å². The Kier molecular flexibility index (Phi) is 11.3. The Bertz CT molecular complexity index is 1520. The summed E-state index contributed by atoms with van der Waals surface area (Å²) >= 11 is 0. The lowest BCUT2D eigenvalue weighted by Crippen LogP contribution is -2.60. The van der Waals surface area contributed by atoms with Crippen molar-refractivity contribution in [3.05, 3.63) is 52.6 Å². The number of carboxylic acid groups (broad SMARTS) is 1. The molecule has 0 radical (unpaired) electrons. The lowest BCUT2D eigenvalue weighted by molar-refractivity contribution is -0.138. The maximum atomic E-state index is 13.1. The monoisotopic (exact) mass is 668 g/mol. The number of carbonyl (C=O) groups is 4. The number of hydrogen-bond acceptors (Lipinski definition) is 8. The third kappa shape index (κ3) is 9.69. The van der Waals surface area contributed by atoms with Gasteiger partial charge in [0.1, 0.15) is 17.0 Å². The van der Waals surface area contributed by atoms with Gasteiger partial charge in [-0.25, -0.2) is 19.2 Å². The molecule has 0 bridgehead atoms. The molecule has 1 aromatic carbocycles. The summed E-state index contributed by atoms with van der Waals surface area (Å²) in [5.74, 6) is -0.166. The molecule has 5 amide bonds. The number of anilines is 1. The Morgan fingerprint density at radius 1 is 0.938 bits per heavy atom. The first-order valence-electron chi connectivity index (χ1n) is 16.3. The third-order valence-corrected chi connectivity index (χ3v) is 8.60. The predicted molar refractivity (Wildman–Crippen MR) is 179 cm³/mol. The lowest BCUT2D eigenvalue weighted by Gasteiger charge is -2.38. The molecule has 1 saturated carbocycles. The molecule has 1 aliphatic carbocycles. The quantitative estimate of drug-likeness (QED) is 0.329. The average molecular weight is 669 g/mol. The standard InChI is InChI=1S/C33H48N8O7/c1-32(2,3)48-30(45)37-33(4,5)27(42)39-17-19-40(20-18-39)28(43)35-26-15-16-41(29(44)36-26)25-11-7-22(8-12-25)21-34-23-9-13-24(14-10-23)38(6)31(46)47/h7-8,11-12,15-16,23-24,34H,9-10,13-14,17-21H2,1-6H3,(H,37,45)(H,46,47)(H,35,36,43,44). The molecule has 0 atom stereocenters. The summed E-state index contributed by atoms with van der Waals surface area (Å²) in [4.78, 5) is 70.9. The Hall–Kier alpha value is -4.66. The summed E-state index contributed by atoms with van der Waals surface area (Å²) in [5, 5.41) is 18.0. The predicted octanol–water partition coefficient (Wildman–Crippen LogP) is 3.22. The Morgan fingerprint density at radius 2 is 1.54 bits per heavy atom. The second kappa shape index (κ2) is 15.0. The van der Waals surface area contributed by atoms with Gasteiger partial charge in [-0.1, -0.05) is 12.1 Å². The summed E-state index contributed by atoms with van der Waals surface area (Å²) in [6, 6.07) is 9.05. The van der Waals surface area contributed by atoms with Gasteiger partial charge in [-0.2, -0.15) is 4.98 Å². The molecule has 262 valence electrons.